The highest BCUT2D eigenvalue weighted by molar-refractivity contribution is 8.45. The highest BCUT2D eigenvalue weighted by atomic mass is 32.5. The van der Waals surface area contributed by atoms with Crippen LogP contribution < -0.4 is 4.74 Å². The van der Waals surface area contributed by atoms with E-state index in [4.69, 9.17) is 4.74 Å². The Morgan fingerprint density at radius 2 is 1.61 bits per heavy atom. The summed E-state index contributed by atoms with van der Waals surface area (Å²) in [5.41, 5.74) is 1.19. The zero-order valence-corrected chi connectivity index (χ0v) is 12.6. The molecule has 0 bridgehead atoms. The van der Waals surface area contributed by atoms with E-state index in [1.165, 1.54) is 6.07 Å². The van der Waals surface area contributed by atoms with Crippen molar-refractivity contribution in [3.8, 4) is 16.9 Å². The lowest BCUT2D eigenvalue weighted by Gasteiger charge is -2.40. The van der Waals surface area contributed by atoms with Crippen molar-refractivity contribution in [1.82, 2.24) is 4.98 Å². The first kappa shape index (κ1) is 15.7. The third-order valence-corrected chi connectivity index (χ3v) is 4.57. The maximum atomic E-state index is 13.1. The van der Waals surface area contributed by atoms with E-state index < -0.39 is 15.1 Å². The van der Waals surface area contributed by atoms with Gasteiger partial charge >= 0.3 is 10.2 Å². The molecular weight excluding hydrogens is 337 g/mol. The highest BCUT2D eigenvalue weighted by Crippen LogP contribution is 3.02. The third-order valence-electron chi connectivity index (χ3n) is 3.45. The smallest absolute Gasteiger partial charge is 0.310 e. The summed E-state index contributed by atoms with van der Waals surface area (Å²) in [5, 5.41) is 0.763. The lowest BCUT2D eigenvalue weighted by atomic mass is 10.0. The predicted octanol–water partition coefficient (Wildman–Crippen LogP) is 6.50. The molecule has 0 aliphatic heterocycles. The molecule has 124 valence electrons. The molecule has 0 atom stereocenters. The number of hydrogen-bond donors (Lipinski definition) is 1. The first-order chi connectivity index (χ1) is 10.5. The lowest BCUT2D eigenvalue weighted by Crippen LogP contribution is -2.06. The third kappa shape index (κ3) is 3.12. The van der Waals surface area contributed by atoms with Crippen molar-refractivity contribution in [3.63, 3.8) is 0 Å². The van der Waals surface area contributed by atoms with Gasteiger partial charge in [0.05, 0.1) is 7.11 Å². The second kappa shape index (κ2) is 4.19. The molecule has 0 aliphatic rings. The number of halogens is 5. The fourth-order valence-corrected chi connectivity index (χ4v) is 3.00. The summed E-state index contributed by atoms with van der Waals surface area (Å²) in [5.74, 6) is -0.278. The van der Waals surface area contributed by atoms with Crippen molar-refractivity contribution in [3.05, 3.63) is 48.7 Å². The van der Waals surface area contributed by atoms with E-state index in [-0.39, 0.29) is 11.3 Å². The molecule has 0 radical (unpaired) electrons. The SMILES string of the molecule is COc1cc(-c2ccc3[nH]ccc3c2)cc(S(F)(F)(F)(F)F)c1. The molecule has 2 aromatic carbocycles. The molecule has 0 saturated carbocycles. The predicted molar refractivity (Wildman–Crippen MR) is 81.7 cm³/mol. The van der Waals surface area contributed by atoms with Crippen LogP contribution in [0.5, 0.6) is 5.75 Å². The van der Waals surface area contributed by atoms with Crippen LogP contribution in [0.15, 0.2) is 53.6 Å². The van der Waals surface area contributed by atoms with E-state index in [9.17, 15) is 19.4 Å². The molecule has 2 nitrogen and oxygen atoms in total. The Hall–Kier alpha value is -2.22. The molecule has 23 heavy (non-hydrogen) atoms. The highest BCUT2D eigenvalue weighted by Gasteiger charge is 2.65. The van der Waals surface area contributed by atoms with E-state index in [1.807, 2.05) is 0 Å². The maximum Gasteiger partial charge on any atom is 0.310 e. The molecule has 1 heterocycles. The van der Waals surface area contributed by atoms with Gasteiger partial charge in [-0.15, -0.1) is 0 Å². The van der Waals surface area contributed by atoms with Crippen molar-refractivity contribution in [2.24, 2.45) is 0 Å². The standard InChI is InChI=1S/C15H12F5NOS/c1-22-13-7-12(8-14(9-13)23(16,17,18,19)20)10-2-3-15-11(6-10)4-5-21-15/h2-9,21H,1H3. The van der Waals surface area contributed by atoms with Crippen LogP contribution in [-0.4, -0.2) is 12.1 Å². The Kier molecular flexibility index (Phi) is 2.86. The van der Waals surface area contributed by atoms with Crippen LogP contribution in [0, 0.1) is 0 Å². The Morgan fingerprint density at radius 3 is 2.26 bits per heavy atom. The summed E-state index contributed by atoms with van der Waals surface area (Å²) < 4.78 is 70.3. The van der Waals surface area contributed by atoms with Crippen molar-refractivity contribution in [1.29, 1.82) is 0 Å². The molecule has 3 aromatic rings. The quantitative estimate of drug-likeness (QED) is 0.536. The van der Waals surface area contributed by atoms with Gasteiger partial charge in [-0.25, -0.2) is 0 Å². The topological polar surface area (TPSA) is 25.0 Å². The van der Waals surface area contributed by atoms with Crippen LogP contribution in [0.1, 0.15) is 0 Å². The van der Waals surface area contributed by atoms with Gasteiger partial charge in [0.2, 0.25) is 0 Å². The van der Waals surface area contributed by atoms with Gasteiger partial charge in [-0.05, 0) is 46.8 Å². The van der Waals surface area contributed by atoms with Gasteiger partial charge in [0.15, 0.2) is 0 Å². The normalized spacial score (nSPS) is 15.2. The van der Waals surface area contributed by atoms with Crippen molar-refractivity contribution < 1.29 is 24.2 Å². The number of aromatic nitrogens is 1. The minimum atomic E-state index is -9.79. The molecule has 0 unspecified atom stereocenters. The van der Waals surface area contributed by atoms with Crippen molar-refractivity contribution in [2.75, 3.05) is 7.11 Å². The average Bonchev–Trinajstić information content (AvgIpc) is 2.91. The number of ether oxygens (including phenoxy) is 1. The second-order valence-corrected chi connectivity index (χ2v) is 7.56. The minimum absolute atomic E-state index is 0.00991. The minimum Gasteiger partial charge on any atom is -0.497 e. The van der Waals surface area contributed by atoms with Gasteiger partial charge in [0, 0.05) is 17.8 Å². The van der Waals surface area contributed by atoms with Crippen molar-refractivity contribution >= 4 is 21.1 Å². The number of benzene rings is 2. The van der Waals surface area contributed by atoms with E-state index in [1.54, 1.807) is 30.5 Å². The maximum absolute atomic E-state index is 13.1. The number of hydrogen-bond acceptors (Lipinski definition) is 1. The van der Waals surface area contributed by atoms with Crippen LogP contribution in [0.2, 0.25) is 0 Å². The number of methoxy groups -OCH3 is 1. The Bertz CT molecular complexity index is 902. The number of rotatable bonds is 3. The van der Waals surface area contributed by atoms with Crippen LogP contribution in [-0.2, 0) is 0 Å². The summed E-state index contributed by atoms with van der Waals surface area (Å²) >= 11 is 0. The van der Waals surface area contributed by atoms with Gasteiger partial charge in [0.1, 0.15) is 10.6 Å². The number of fused-ring (bicyclic) bond motifs is 1. The van der Waals surface area contributed by atoms with E-state index in [0.717, 1.165) is 18.0 Å². The molecule has 3 rings (SSSR count). The summed E-state index contributed by atoms with van der Waals surface area (Å²) in [6, 6.07) is 8.66. The monoisotopic (exact) mass is 349 g/mol. The largest absolute Gasteiger partial charge is 0.497 e. The second-order valence-electron chi connectivity index (χ2n) is 5.15. The Morgan fingerprint density at radius 1 is 0.870 bits per heavy atom. The lowest BCUT2D eigenvalue weighted by molar-refractivity contribution is 0.361. The van der Waals surface area contributed by atoms with Crippen LogP contribution in [0.25, 0.3) is 22.0 Å². The Labute approximate surface area is 128 Å². The molecular formula is C15H12F5NOS. The zero-order valence-electron chi connectivity index (χ0n) is 11.8. The van der Waals surface area contributed by atoms with Crippen LogP contribution in [0.4, 0.5) is 19.4 Å². The first-order valence-corrected chi connectivity index (χ1v) is 8.42. The number of aromatic amines is 1. The van der Waals surface area contributed by atoms with Crippen LogP contribution >= 0.6 is 10.2 Å². The van der Waals surface area contributed by atoms with Gasteiger partial charge < -0.3 is 9.72 Å². The average molecular weight is 349 g/mol. The van der Waals surface area contributed by atoms with Gasteiger partial charge in [-0.2, -0.15) is 0 Å². The summed E-state index contributed by atoms with van der Waals surface area (Å²) in [4.78, 5) is 0.985. The fourth-order valence-electron chi connectivity index (χ4n) is 2.31. The zero-order chi connectivity index (χ0) is 16.9. The fraction of sp³-hybridized carbons (Fsp3) is 0.0667. The molecule has 1 N–H and O–H groups in total. The Balaban J connectivity index is 2.23. The van der Waals surface area contributed by atoms with Gasteiger partial charge in [0.25, 0.3) is 0 Å². The summed E-state index contributed by atoms with van der Waals surface area (Å²) in [6.07, 6.45) is 1.68. The molecule has 0 saturated heterocycles. The molecule has 0 spiro atoms. The van der Waals surface area contributed by atoms with Gasteiger partial charge in [-0.3, -0.25) is 0 Å². The molecule has 0 amide bonds. The van der Waals surface area contributed by atoms with E-state index in [2.05, 4.69) is 4.98 Å². The summed E-state index contributed by atoms with van der Waals surface area (Å²) in [6.45, 7) is 0. The summed E-state index contributed by atoms with van der Waals surface area (Å²) in [7, 11) is -8.66. The molecule has 0 fully saturated rings. The van der Waals surface area contributed by atoms with E-state index >= 15 is 0 Å². The van der Waals surface area contributed by atoms with E-state index in [0.29, 0.717) is 17.7 Å². The van der Waals surface area contributed by atoms with Crippen molar-refractivity contribution in [2.45, 2.75) is 4.90 Å². The van der Waals surface area contributed by atoms with Gasteiger partial charge in [-0.1, -0.05) is 25.5 Å². The number of H-pyrrole nitrogens is 1. The molecule has 0 aliphatic carbocycles. The first-order valence-electron chi connectivity index (χ1n) is 6.47. The molecule has 1 aromatic heterocycles. The molecule has 8 heteroatoms. The number of nitrogens with one attached hydrogen (secondary N) is 1. The van der Waals surface area contributed by atoms with Crippen LogP contribution in [0.3, 0.4) is 0 Å².